The van der Waals surface area contributed by atoms with Gasteiger partial charge in [0.05, 0.1) is 7.11 Å². The van der Waals surface area contributed by atoms with Crippen LogP contribution in [0.3, 0.4) is 0 Å². The zero-order valence-electron chi connectivity index (χ0n) is 22.0. The first-order valence-corrected chi connectivity index (χ1v) is 12.7. The van der Waals surface area contributed by atoms with Gasteiger partial charge in [0.2, 0.25) is 0 Å². The molecule has 0 unspecified atom stereocenters. The summed E-state index contributed by atoms with van der Waals surface area (Å²) in [7, 11) is 3.13. The van der Waals surface area contributed by atoms with E-state index in [1.54, 1.807) is 13.3 Å². The number of anilines is 1. The van der Waals surface area contributed by atoms with Crippen LogP contribution in [0.2, 0.25) is 0 Å². The minimum absolute atomic E-state index is 0.00583. The van der Waals surface area contributed by atoms with Gasteiger partial charge < -0.3 is 26.0 Å². The number of nitrogens with two attached hydrogens (primary N) is 1. The van der Waals surface area contributed by atoms with Crippen molar-refractivity contribution < 1.29 is 9.53 Å². The second-order valence-corrected chi connectivity index (χ2v) is 8.14. The number of amides is 2. The maximum absolute atomic E-state index is 12.4. The van der Waals surface area contributed by atoms with E-state index in [-0.39, 0.29) is 6.03 Å². The molecule has 1 saturated heterocycles. The number of hydrogen-bond donors (Lipinski definition) is 3. The number of ether oxygens (including phenoxy) is 1. The number of nitrogens with zero attached hydrogens (tertiary/aromatic N) is 2. The molecule has 1 aromatic heterocycles. The Hall–Kier alpha value is -3.86. The van der Waals surface area contributed by atoms with Crippen LogP contribution < -0.4 is 21.1 Å². The van der Waals surface area contributed by atoms with Crippen LogP contribution in [-0.4, -0.2) is 56.3 Å². The van der Waals surface area contributed by atoms with E-state index in [1.165, 1.54) is 7.05 Å². The molecule has 0 aliphatic carbocycles. The lowest BCUT2D eigenvalue weighted by Gasteiger charge is -2.24. The number of hydrogen-bond acceptors (Lipinski definition) is 5. The Morgan fingerprint density at radius 2 is 1.54 bits per heavy atom. The van der Waals surface area contributed by atoms with Crippen LogP contribution in [0, 0.1) is 11.8 Å². The van der Waals surface area contributed by atoms with Crippen LogP contribution in [0.25, 0.3) is 0 Å². The average Bonchev–Trinajstić information content (AvgIpc) is 2.97. The molecule has 0 spiro atoms. The highest BCUT2D eigenvalue weighted by atomic mass is 16.5. The largest absolute Gasteiger partial charge is 0.497 e. The summed E-state index contributed by atoms with van der Waals surface area (Å²) in [5, 5.41) is 6.38. The van der Waals surface area contributed by atoms with E-state index in [1.807, 2.05) is 77.7 Å². The summed E-state index contributed by atoms with van der Waals surface area (Å²) in [5.74, 6) is 6.84. The van der Waals surface area contributed by atoms with Crippen LogP contribution in [0.5, 0.6) is 5.75 Å². The molecule has 0 atom stereocenters. The smallest absolute Gasteiger partial charge is 0.321 e. The molecule has 0 saturated carbocycles. The summed E-state index contributed by atoms with van der Waals surface area (Å²) < 4.78 is 5.12. The zero-order chi connectivity index (χ0) is 26.6. The molecule has 196 valence electrons. The van der Waals surface area contributed by atoms with E-state index >= 15 is 0 Å². The molecule has 2 heterocycles. The minimum atomic E-state index is -0.00583. The number of carbonyl (C=O) groups excluding carboxylic acids is 1. The molecule has 4 rings (SSSR count). The van der Waals surface area contributed by atoms with Gasteiger partial charge >= 0.3 is 6.03 Å². The number of rotatable bonds is 2. The molecule has 37 heavy (non-hydrogen) atoms. The summed E-state index contributed by atoms with van der Waals surface area (Å²) in [4.78, 5) is 18.4. The molecule has 0 bridgehead atoms. The van der Waals surface area contributed by atoms with Crippen molar-refractivity contribution in [2.75, 3.05) is 45.7 Å². The standard InChI is InChI=1S/C16H25N3O2.C13H9N.CH5N/c1-21-15-8-6-14(7-9-15)18-16(20)19-12-4-2-10-17-11-3-5-13-19;1-2-6-12(7-3-1)9-10-13-8-4-5-11-14-13;1-2/h6-9,17H,2-5,10-13H2,1H3,(H,18,20);1-8,11H;2H2,1H3. The lowest BCUT2D eigenvalue weighted by atomic mass is 10.2. The zero-order valence-corrected chi connectivity index (χ0v) is 22.0. The van der Waals surface area contributed by atoms with Crippen LogP contribution in [0.4, 0.5) is 10.5 Å². The van der Waals surface area contributed by atoms with E-state index in [2.05, 4.69) is 33.2 Å². The summed E-state index contributed by atoms with van der Waals surface area (Å²) in [6, 6.07) is 23.0. The number of urea groups is 1. The summed E-state index contributed by atoms with van der Waals surface area (Å²) >= 11 is 0. The fraction of sp³-hybridized carbons (Fsp3) is 0.333. The van der Waals surface area contributed by atoms with E-state index in [9.17, 15) is 4.79 Å². The van der Waals surface area contributed by atoms with Crippen molar-refractivity contribution in [1.29, 1.82) is 0 Å². The van der Waals surface area contributed by atoms with Gasteiger partial charge in [-0.25, -0.2) is 9.78 Å². The Bertz CT molecular complexity index is 1010. The number of methoxy groups -OCH3 is 1. The van der Waals surface area contributed by atoms with Crippen molar-refractivity contribution in [2.24, 2.45) is 5.73 Å². The Labute approximate surface area is 221 Å². The quantitative estimate of drug-likeness (QED) is 0.441. The third-order valence-corrected chi connectivity index (χ3v) is 5.47. The van der Waals surface area contributed by atoms with Gasteiger partial charge in [0.1, 0.15) is 11.4 Å². The van der Waals surface area contributed by atoms with E-state index in [0.717, 1.165) is 74.6 Å². The van der Waals surface area contributed by atoms with Gasteiger partial charge in [-0.1, -0.05) is 30.2 Å². The maximum atomic E-state index is 12.4. The molecule has 0 radical (unpaired) electrons. The Balaban J connectivity index is 0.000000260. The lowest BCUT2D eigenvalue weighted by Crippen LogP contribution is -2.37. The third kappa shape index (κ3) is 12.1. The van der Waals surface area contributed by atoms with Crippen LogP contribution >= 0.6 is 0 Å². The van der Waals surface area contributed by atoms with Gasteiger partial charge in [-0.3, -0.25) is 0 Å². The number of benzene rings is 2. The average molecular weight is 502 g/mol. The molecule has 3 aromatic rings. The monoisotopic (exact) mass is 501 g/mol. The second kappa shape index (κ2) is 18.4. The normalized spacial score (nSPS) is 13.2. The first-order valence-electron chi connectivity index (χ1n) is 12.7. The lowest BCUT2D eigenvalue weighted by molar-refractivity contribution is 0.208. The van der Waals surface area contributed by atoms with Crippen molar-refractivity contribution in [3.63, 3.8) is 0 Å². The second-order valence-electron chi connectivity index (χ2n) is 8.14. The summed E-state index contributed by atoms with van der Waals surface area (Å²) in [6.45, 7) is 3.75. The van der Waals surface area contributed by atoms with Gasteiger partial charge in [0, 0.05) is 30.5 Å². The van der Waals surface area contributed by atoms with Crippen molar-refractivity contribution >= 4 is 11.7 Å². The Morgan fingerprint density at radius 3 is 2.14 bits per heavy atom. The molecule has 1 fully saturated rings. The maximum Gasteiger partial charge on any atom is 0.321 e. The Morgan fingerprint density at radius 1 is 0.892 bits per heavy atom. The van der Waals surface area contributed by atoms with E-state index < -0.39 is 0 Å². The molecule has 4 N–H and O–H groups in total. The minimum Gasteiger partial charge on any atom is -0.497 e. The fourth-order valence-electron chi connectivity index (χ4n) is 3.52. The molecule has 1 aliphatic rings. The van der Waals surface area contributed by atoms with Crippen molar-refractivity contribution in [3.05, 3.63) is 90.3 Å². The predicted molar refractivity (Wildman–Crippen MR) is 152 cm³/mol. The third-order valence-electron chi connectivity index (χ3n) is 5.47. The molecular formula is C30H39N5O2. The SMILES string of the molecule is C(#Cc1ccccn1)c1ccccc1.CN.COc1ccc(NC(=O)N2CCCCNCCCC2)cc1. The van der Waals surface area contributed by atoms with Crippen molar-refractivity contribution in [3.8, 4) is 17.6 Å². The summed E-state index contributed by atoms with van der Waals surface area (Å²) in [5.41, 5.74) is 7.12. The fourth-order valence-corrected chi connectivity index (χ4v) is 3.52. The van der Waals surface area contributed by atoms with Gasteiger partial charge in [0.25, 0.3) is 0 Å². The molecule has 7 nitrogen and oxygen atoms in total. The van der Waals surface area contributed by atoms with Gasteiger partial charge in [-0.05, 0) is 100 Å². The van der Waals surface area contributed by atoms with Crippen LogP contribution in [0.1, 0.15) is 36.9 Å². The number of nitrogens with one attached hydrogen (secondary N) is 2. The number of carbonyl (C=O) groups is 1. The van der Waals surface area contributed by atoms with Crippen LogP contribution in [0.15, 0.2) is 79.0 Å². The highest BCUT2D eigenvalue weighted by Crippen LogP contribution is 2.16. The van der Waals surface area contributed by atoms with Crippen molar-refractivity contribution in [2.45, 2.75) is 25.7 Å². The molecule has 7 heteroatoms. The first kappa shape index (κ1) is 29.4. The highest BCUT2D eigenvalue weighted by molar-refractivity contribution is 5.89. The highest BCUT2D eigenvalue weighted by Gasteiger charge is 2.13. The van der Waals surface area contributed by atoms with E-state index in [4.69, 9.17) is 4.74 Å². The topological polar surface area (TPSA) is 92.5 Å². The molecular weight excluding hydrogens is 462 g/mol. The van der Waals surface area contributed by atoms with E-state index in [0.29, 0.717) is 0 Å². The van der Waals surface area contributed by atoms with Gasteiger partial charge in [0.15, 0.2) is 0 Å². The van der Waals surface area contributed by atoms with Gasteiger partial charge in [-0.2, -0.15) is 0 Å². The summed E-state index contributed by atoms with van der Waals surface area (Å²) in [6.07, 6.45) is 6.07. The van der Waals surface area contributed by atoms with Crippen LogP contribution in [-0.2, 0) is 0 Å². The predicted octanol–water partition coefficient (Wildman–Crippen LogP) is 4.75. The number of pyridine rings is 1. The molecule has 2 aromatic carbocycles. The molecule has 2 amide bonds. The first-order chi connectivity index (χ1) is 18.2. The molecule has 1 aliphatic heterocycles. The Kier molecular flexibility index (Phi) is 14.6. The van der Waals surface area contributed by atoms with Gasteiger partial charge in [-0.15, -0.1) is 0 Å². The van der Waals surface area contributed by atoms with Crippen molar-refractivity contribution in [1.82, 2.24) is 15.2 Å². The number of aromatic nitrogens is 1.